The van der Waals surface area contributed by atoms with E-state index in [9.17, 15) is 4.79 Å². The normalized spacial score (nSPS) is 12.2. The maximum atomic E-state index is 11.9. The molecule has 0 bridgehead atoms. The van der Waals surface area contributed by atoms with Gasteiger partial charge in [-0.15, -0.1) is 0 Å². The Morgan fingerprint density at radius 3 is 2.60 bits per heavy atom. The Labute approximate surface area is 120 Å². The maximum Gasteiger partial charge on any atom is 0.253 e. The fourth-order valence-corrected chi connectivity index (χ4v) is 1.61. The number of hydrogen-bond acceptors (Lipinski definition) is 4. The van der Waals surface area contributed by atoms with Crippen molar-refractivity contribution >= 4 is 17.3 Å². The highest BCUT2D eigenvalue weighted by atomic mass is 16.5. The number of amides is 1. The predicted molar refractivity (Wildman–Crippen MR) is 80.9 cm³/mol. The van der Waals surface area contributed by atoms with E-state index in [2.05, 4.69) is 19.2 Å². The molecule has 1 rings (SSSR count). The van der Waals surface area contributed by atoms with Crippen LogP contribution in [0.2, 0.25) is 0 Å². The number of nitrogen functional groups attached to an aromatic ring is 1. The molecule has 0 heterocycles. The topological polar surface area (TPSA) is 73.6 Å². The molecule has 1 aromatic rings. The fraction of sp³-hybridized carbons (Fsp3) is 0.533. The largest absolute Gasteiger partial charge is 0.495 e. The quantitative estimate of drug-likeness (QED) is 0.753. The Morgan fingerprint density at radius 1 is 1.35 bits per heavy atom. The molecule has 20 heavy (non-hydrogen) atoms. The number of ether oxygens (including phenoxy) is 2. The molecule has 0 aliphatic rings. The summed E-state index contributed by atoms with van der Waals surface area (Å²) in [7, 11) is 1.55. The molecular weight excluding hydrogens is 256 g/mol. The number of carbonyl (C=O) groups is 1. The highest BCUT2D eigenvalue weighted by Gasteiger charge is 2.14. The number of anilines is 2. The van der Waals surface area contributed by atoms with Crippen LogP contribution in [-0.2, 0) is 9.53 Å². The smallest absolute Gasteiger partial charge is 0.253 e. The molecule has 0 saturated heterocycles. The highest BCUT2D eigenvalue weighted by molar-refractivity contribution is 5.94. The zero-order valence-electron chi connectivity index (χ0n) is 12.6. The summed E-state index contributed by atoms with van der Waals surface area (Å²) in [5.74, 6) is 0.967. The summed E-state index contributed by atoms with van der Waals surface area (Å²) in [6.07, 6.45) is 0.449. The van der Waals surface area contributed by atoms with Crippen LogP contribution in [0.4, 0.5) is 11.4 Å². The summed E-state index contributed by atoms with van der Waals surface area (Å²) in [5.41, 5.74) is 6.91. The van der Waals surface area contributed by atoms with Gasteiger partial charge in [0.25, 0.3) is 5.91 Å². The van der Waals surface area contributed by atoms with E-state index in [4.69, 9.17) is 15.2 Å². The summed E-state index contributed by atoms with van der Waals surface area (Å²) in [5, 5.41) is 2.77. The molecule has 0 fully saturated rings. The van der Waals surface area contributed by atoms with E-state index < -0.39 is 6.10 Å². The molecule has 1 unspecified atom stereocenters. The van der Waals surface area contributed by atoms with Crippen LogP contribution in [0.5, 0.6) is 5.75 Å². The summed E-state index contributed by atoms with van der Waals surface area (Å²) in [6.45, 7) is 6.56. The molecular formula is C15H24N2O3. The maximum absolute atomic E-state index is 11.9. The van der Waals surface area contributed by atoms with Crippen LogP contribution in [0, 0.1) is 5.92 Å². The monoisotopic (exact) mass is 280 g/mol. The first-order chi connectivity index (χ1) is 9.43. The number of benzene rings is 1. The Kier molecular flexibility index (Phi) is 6.31. The summed E-state index contributed by atoms with van der Waals surface area (Å²) in [4.78, 5) is 11.9. The first-order valence-electron chi connectivity index (χ1n) is 6.80. The molecule has 1 amide bonds. The molecule has 0 aliphatic heterocycles. The van der Waals surface area contributed by atoms with Crippen molar-refractivity contribution < 1.29 is 14.3 Å². The lowest BCUT2D eigenvalue weighted by molar-refractivity contribution is -0.126. The van der Waals surface area contributed by atoms with Crippen LogP contribution in [0.25, 0.3) is 0 Å². The van der Waals surface area contributed by atoms with Gasteiger partial charge in [-0.1, -0.05) is 13.8 Å². The number of hydrogen-bond donors (Lipinski definition) is 2. The van der Waals surface area contributed by atoms with E-state index >= 15 is 0 Å². The lowest BCUT2D eigenvalue weighted by Gasteiger charge is -2.15. The third-order valence-electron chi connectivity index (χ3n) is 2.93. The SMILES string of the molecule is COc1ccc(NC(=O)C(C)OCCC(C)C)cc1N. The number of rotatable bonds is 7. The molecule has 5 nitrogen and oxygen atoms in total. The van der Waals surface area contributed by atoms with Crippen LogP contribution in [0.3, 0.4) is 0 Å². The number of methoxy groups -OCH3 is 1. The average molecular weight is 280 g/mol. The van der Waals surface area contributed by atoms with Gasteiger partial charge in [0.2, 0.25) is 0 Å². The number of carbonyl (C=O) groups excluding carboxylic acids is 1. The summed E-state index contributed by atoms with van der Waals surface area (Å²) >= 11 is 0. The third kappa shape index (κ3) is 5.09. The van der Waals surface area contributed by atoms with Crippen molar-refractivity contribution in [2.45, 2.75) is 33.3 Å². The van der Waals surface area contributed by atoms with Gasteiger partial charge in [-0.05, 0) is 37.5 Å². The molecule has 3 N–H and O–H groups in total. The van der Waals surface area contributed by atoms with E-state index in [0.717, 1.165) is 6.42 Å². The van der Waals surface area contributed by atoms with Crippen molar-refractivity contribution in [1.29, 1.82) is 0 Å². The van der Waals surface area contributed by atoms with Crippen LogP contribution in [0.15, 0.2) is 18.2 Å². The number of nitrogens with two attached hydrogens (primary N) is 1. The second-order valence-electron chi connectivity index (χ2n) is 5.14. The van der Waals surface area contributed by atoms with Crippen LogP contribution >= 0.6 is 0 Å². The molecule has 0 aliphatic carbocycles. The molecule has 1 atom stereocenters. The van der Waals surface area contributed by atoms with E-state index in [1.54, 1.807) is 32.2 Å². The van der Waals surface area contributed by atoms with Crippen LogP contribution in [-0.4, -0.2) is 25.7 Å². The first-order valence-corrected chi connectivity index (χ1v) is 6.80. The Hall–Kier alpha value is -1.75. The zero-order valence-corrected chi connectivity index (χ0v) is 12.6. The van der Waals surface area contributed by atoms with Gasteiger partial charge in [0, 0.05) is 12.3 Å². The van der Waals surface area contributed by atoms with E-state index in [1.165, 1.54) is 0 Å². The van der Waals surface area contributed by atoms with Crippen LogP contribution in [0.1, 0.15) is 27.2 Å². The van der Waals surface area contributed by atoms with Crippen molar-refractivity contribution in [2.75, 3.05) is 24.8 Å². The standard InChI is InChI=1S/C15H24N2O3/c1-10(2)7-8-20-11(3)15(18)17-12-5-6-14(19-4)13(16)9-12/h5-6,9-11H,7-8,16H2,1-4H3,(H,17,18). The Balaban J connectivity index is 2.50. The second kappa shape index (κ2) is 7.75. The third-order valence-corrected chi connectivity index (χ3v) is 2.93. The fourth-order valence-electron chi connectivity index (χ4n) is 1.61. The molecule has 0 aromatic heterocycles. The molecule has 0 spiro atoms. The van der Waals surface area contributed by atoms with Gasteiger partial charge >= 0.3 is 0 Å². The minimum Gasteiger partial charge on any atom is -0.495 e. The van der Waals surface area contributed by atoms with Crippen molar-refractivity contribution in [3.63, 3.8) is 0 Å². The molecule has 5 heteroatoms. The molecule has 0 radical (unpaired) electrons. The van der Waals surface area contributed by atoms with Crippen molar-refractivity contribution in [3.8, 4) is 5.75 Å². The van der Waals surface area contributed by atoms with E-state index in [0.29, 0.717) is 29.6 Å². The lowest BCUT2D eigenvalue weighted by Crippen LogP contribution is -2.28. The average Bonchev–Trinajstić information content (AvgIpc) is 2.38. The Bertz CT molecular complexity index is 447. The van der Waals surface area contributed by atoms with Crippen molar-refractivity contribution in [3.05, 3.63) is 18.2 Å². The van der Waals surface area contributed by atoms with Gasteiger partial charge in [0.05, 0.1) is 12.8 Å². The Morgan fingerprint density at radius 2 is 2.05 bits per heavy atom. The van der Waals surface area contributed by atoms with Gasteiger partial charge < -0.3 is 20.5 Å². The van der Waals surface area contributed by atoms with Gasteiger partial charge in [-0.25, -0.2) is 0 Å². The molecule has 112 valence electrons. The van der Waals surface area contributed by atoms with Crippen molar-refractivity contribution in [2.24, 2.45) is 5.92 Å². The molecule has 1 aromatic carbocycles. The summed E-state index contributed by atoms with van der Waals surface area (Å²) < 4.78 is 10.6. The molecule has 0 saturated carbocycles. The van der Waals surface area contributed by atoms with Gasteiger partial charge in [-0.3, -0.25) is 4.79 Å². The lowest BCUT2D eigenvalue weighted by atomic mass is 10.1. The van der Waals surface area contributed by atoms with E-state index in [-0.39, 0.29) is 5.91 Å². The minimum absolute atomic E-state index is 0.182. The van der Waals surface area contributed by atoms with Gasteiger partial charge in [0.1, 0.15) is 11.9 Å². The highest BCUT2D eigenvalue weighted by Crippen LogP contribution is 2.24. The van der Waals surface area contributed by atoms with Crippen molar-refractivity contribution in [1.82, 2.24) is 0 Å². The van der Waals surface area contributed by atoms with Crippen LogP contribution < -0.4 is 15.8 Å². The number of nitrogens with one attached hydrogen (secondary N) is 1. The van der Waals surface area contributed by atoms with Gasteiger partial charge in [0.15, 0.2) is 0 Å². The first kappa shape index (κ1) is 16.3. The minimum atomic E-state index is -0.489. The van der Waals surface area contributed by atoms with E-state index in [1.807, 2.05) is 0 Å². The predicted octanol–water partition coefficient (Wildman–Crippen LogP) is 2.67. The second-order valence-corrected chi connectivity index (χ2v) is 5.14. The van der Waals surface area contributed by atoms with Gasteiger partial charge in [-0.2, -0.15) is 0 Å². The zero-order chi connectivity index (χ0) is 15.1. The summed E-state index contributed by atoms with van der Waals surface area (Å²) in [6, 6.07) is 5.13.